The molecule has 2 unspecified atom stereocenters. The molecule has 0 spiro atoms. The quantitative estimate of drug-likeness (QED) is 0.852. The third kappa shape index (κ3) is 3.42. The number of benzene rings is 2. The average Bonchev–Trinajstić information content (AvgIpc) is 3.20. The molecule has 5 rings (SSSR count). The van der Waals surface area contributed by atoms with Gasteiger partial charge < -0.3 is 24.2 Å². The van der Waals surface area contributed by atoms with Crippen LogP contribution in [0.15, 0.2) is 48.5 Å². The molecule has 152 valence electrons. The molecule has 2 bridgehead atoms. The first kappa shape index (κ1) is 18.3. The summed E-state index contributed by atoms with van der Waals surface area (Å²) in [4.78, 5) is 14.7. The highest BCUT2D eigenvalue weighted by Crippen LogP contribution is 2.46. The summed E-state index contributed by atoms with van der Waals surface area (Å²) in [6, 6.07) is 15.3. The second-order valence-electron chi connectivity index (χ2n) is 8.19. The first-order valence-electron chi connectivity index (χ1n) is 10.2. The van der Waals surface area contributed by atoms with Gasteiger partial charge in [-0.1, -0.05) is 36.4 Å². The molecule has 2 fully saturated rings. The summed E-state index contributed by atoms with van der Waals surface area (Å²) in [6.45, 7) is 0.478. The number of hydrogen-bond acceptors (Lipinski definition) is 5. The molecule has 3 aliphatic rings. The number of piperidine rings is 2. The average molecular weight is 395 g/mol. The van der Waals surface area contributed by atoms with Crippen LogP contribution in [0.25, 0.3) is 0 Å². The summed E-state index contributed by atoms with van der Waals surface area (Å²) in [5.41, 5.74) is 0.822. The standard InChI is InChI=1S/C23H25NO5/c25-22(27-14-16-5-2-1-3-6-16)24-18-7-4-8-19(24)13-23(26,12-18)17-9-10-20-21(11-17)29-15-28-20/h1-3,5-6,9-11,18-19,26H,4,7-8,12-15H2. The number of nitrogens with zero attached hydrogens (tertiary/aromatic N) is 1. The topological polar surface area (TPSA) is 68.2 Å². The number of ether oxygens (including phenoxy) is 3. The van der Waals surface area contributed by atoms with Gasteiger partial charge in [0, 0.05) is 24.9 Å². The van der Waals surface area contributed by atoms with Crippen molar-refractivity contribution in [2.45, 2.75) is 56.4 Å². The van der Waals surface area contributed by atoms with E-state index in [2.05, 4.69) is 0 Å². The minimum absolute atomic E-state index is 0.0267. The van der Waals surface area contributed by atoms with Gasteiger partial charge in [0.1, 0.15) is 6.61 Å². The first-order chi connectivity index (χ1) is 14.1. The van der Waals surface area contributed by atoms with Crippen LogP contribution in [0.4, 0.5) is 4.79 Å². The van der Waals surface area contributed by atoms with Crippen LogP contribution in [0, 0.1) is 0 Å². The molecule has 2 atom stereocenters. The lowest BCUT2D eigenvalue weighted by molar-refractivity contribution is -0.0897. The summed E-state index contributed by atoms with van der Waals surface area (Å²) >= 11 is 0. The maximum Gasteiger partial charge on any atom is 0.410 e. The van der Waals surface area contributed by atoms with Crippen molar-refractivity contribution >= 4 is 6.09 Å². The van der Waals surface area contributed by atoms with Gasteiger partial charge in [0.05, 0.1) is 5.60 Å². The van der Waals surface area contributed by atoms with Crippen LogP contribution >= 0.6 is 0 Å². The molecule has 0 aromatic heterocycles. The van der Waals surface area contributed by atoms with Crippen molar-refractivity contribution in [1.82, 2.24) is 4.90 Å². The van der Waals surface area contributed by atoms with E-state index in [4.69, 9.17) is 14.2 Å². The zero-order valence-corrected chi connectivity index (χ0v) is 16.3. The fourth-order valence-electron chi connectivity index (χ4n) is 4.94. The van der Waals surface area contributed by atoms with E-state index in [1.807, 2.05) is 53.4 Å². The second-order valence-corrected chi connectivity index (χ2v) is 8.19. The number of aliphatic hydroxyl groups is 1. The molecule has 1 amide bonds. The van der Waals surface area contributed by atoms with Crippen LogP contribution in [0.3, 0.4) is 0 Å². The van der Waals surface area contributed by atoms with Crippen LogP contribution in [0.2, 0.25) is 0 Å². The van der Waals surface area contributed by atoms with Crippen LogP contribution in [0.5, 0.6) is 11.5 Å². The van der Waals surface area contributed by atoms with Crippen molar-refractivity contribution in [2.75, 3.05) is 6.79 Å². The van der Waals surface area contributed by atoms with E-state index < -0.39 is 5.60 Å². The zero-order chi connectivity index (χ0) is 19.8. The third-order valence-corrected chi connectivity index (χ3v) is 6.33. The Kier molecular flexibility index (Phi) is 4.59. The fraction of sp³-hybridized carbons (Fsp3) is 0.435. The summed E-state index contributed by atoms with van der Waals surface area (Å²) in [7, 11) is 0. The molecule has 29 heavy (non-hydrogen) atoms. The number of rotatable bonds is 3. The van der Waals surface area contributed by atoms with Gasteiger partial charge in [-0.25, -0.2) is 4.79 Å². The SMILES string of the molecule is O=C(OCc1ccccc1)N1C2CCCC1CC(O)(c1ccc3c(c1)OCO3)C2. The Morgan fingerprint density at radius 3 is 2.55 bits per heavy atom. The van der Waals surface area contributed by atoms with E-state index in [-0.39, 0.29) is 31.6 Å². The monoisotopic (exact) mass is 395 g/mol. The number of amides is 1. The summed E-state index contributed by atoms with van der Waals surface area (Å²) in [6.07, 6.45) is 3.55. The molecule has 1 N–H and O–H groups in total. The highest BCUT2D eigenvalue weighted by molar-refractivity contribution is 5.69. The second kappa shape index (κ2) is 7.26. The molecule has 6 nitrogen and oxygen atoms in total. The largest absolute Gasteiger partial charge is 0.454 e. The van der Waals surface area contributed by atoms with Crippen LogP contribution in [-0.2, 0) is 16.9 Å². The third-order valence-electron chi connectivity index (χ3n) is 6.33. The molecule has 2 aromatic carbocycles. The van der Waals surface area contributed by atoms with Gasteiger partial charge in [0.25, 0.3) is 0 Å². The highest BCUT2D eigenvalue weighted by Gasteiger charge is 2.49. The number of hydrogen-bond donors (Lipinski definition) is 1. The van der Waals surface area contributed by atoms with Crippen molar-refractivity contribution in [3.8, 4) is 11.5 Å². The fourth-order valence-corrected chi connectivity index (χ4v) is 4.94. The smallest absolute Gasteiger partial charge is 0.410 e. The highest BCUT2D eigenvalue weighted by atomic mass is 16.7. The van der Waals surface area contributed by atoms with Gasteiger partial charge in [0.15, 0.2) is 11.5 Å². The van der Waals surface area contributed by atoms with E-state index in [1.54, 1.807) is 0 Å². The molecule has 2 saturated heterocycles. The van der Waals surface area contributed by atoms with Crippen molar-refractivity contribution in [2.24, 2.45) is 0 Å². The van der Waals surface area contributed by atoms with Crippen LogP contribution < -0.4 is 9.47 Å². The normalized spacial score (nSPS) is 27.6. The Morgan fingerprint density at radius 1 is 1.07 bits per heavy atom. The van der Waals surface area contributed by atoms with E-state index in [0.717, 1.165) is 30.4 Å². The molecule has 3 aliphatic heterocycles. The number of carbonyl (C=O) groups excluding carboxylic acids is 1. The predicted molar refractivity (Wildman–Crippen MR) is 106 cm³/mol. The molecule has 0 aliphatic carbocycles. The van der Waals surface area contributed by atoms with E-state index in [9.17, 15) is 9.90 Å². The molecule has 0 radical (unpaired) electrons. The lowest BCUT2D eigenvalue weighted by atomic mass is 9.72. The minimum atomic E-state index is -0.979. The first-order valence-corrected chi connectivity index (χ1v) is 10.2. The Labute approximate surface area is 170 Å². The van der Waals surface area contributed by atoms with Crippen molar-refractivity contribution in [3.63, 3.8) is 0 Å². The molecule has 6 heteroatoms. The molecule has 0 saturated carbocycles. The molecule has 3 heterocycles. The number of fused-ring (bicyclic) bond motifs is 3. The van der Waals surface area contributed by atoms with Crippen LogP contribution in [-0.4, -0.2) is 35.0 Å². The minimum Gasteiger partial charge on any atom is -0.454 e. The Morgan fingerprint density at radius 2 is 1.79 bits per heavy atom. The van der Waals surface area contributed by atoms with Crippen molar-refractivity contribution in [3.05, 3.63) is 59.7 Å². The maximum absolute atomic E-state index is 12.9. The molecule has 2 aromatic rings. The van der Waals surface area contributed by atoms with Gasteiger partial charge >= 0.3 is 6.09 Å². The zero-order valence-electron chi connectivity index (χ0n) is 16.3. The van der Waals surface area contributed by atoms with E-state index in [0.29, 0.717) is 24.3 Å². The molecular weight excluding hydrogens is 370 g/mol. The summed E-state index contributed by atoms with van der Waals surface area (Å²) < 4.78 is 16.5. The van der Waals surface area contributed by atoms with Gasteiger partial charge in [-0.2, -0.15) is 0 Å². The molecular formula is C23H25NO5. The predicted octanol–water partition coefficient (Wildman–Crippen LogP) is 3.96. The Hall–Kier alpha value is -2.73. The van der Waals surface area contributed by atoms with E-state index in [1.165, 1.54) is 0 Å². The lowest BCUT2D eigenvalue weighted by Crippen LogP contribution is -2.58. The van der Waals surface area contributed by atoms with E-state index >= 15 is 0 Å². The Bertz CT molecular complexity index is 885. The maximum atomic E-state index is 12.9. The van der Waals surface area contributed by atoms with Crippen molar-refractivity contribution < 1.29 is 24.1 Å². The number of carbonyl (C=O) groups is 1. The summed E-state index contributed by atoms with van der Waals surface area (Å²) in [5, 5.41) is 11.5. The van der Waals surface area contributed by atoms with Gasteiger partial charge in [-0.15, -0.1) is 0 Å². The van der Waals surface area contributed by atoms with Gasteiger partial charge in [0.2, 0.25) is 6.79 Å². The van der Waals surface area contributed by atoms with Crippen LogP contribution in [0.1, 0.15) is 43.2 Å². The van der Waals surface area contributed by atoms with Crippen molar-refractivity contribution in [1.29, 1.82) is 0 Å². The summed E-state index contributed by atoms with van der Waals surface area (Å²) in [5.74, 6) is 1.38. The lowest BCUT2D eigenvalue weighted by Gasteiger charge is -2.51. The van der Waals surface area contributed by atoms with Gasteiger partial charge in [-0.05, 0) is 42.5 Å². The van der Waals surface area contributed by atoms with Gasteiger partial charge in [-0.3, -0.25) is 0 Å². The Balaban J connectivity index is 1.32.